The van der Waals surface area contributed by atoms with Gasteiger partial charge in [-0.3, -0.25) is 0 Å². The summed E-state index contributed by atoms with van der Waals surface area (Å²) in [4.78, 5) is 2.27. The molecule has 0 amide bonds. The fraction of sp³-hybridized carbons (Fsp3) is 0.538. The van der Waals surface area contributed by atoms with Crippen molar-refractivity contribution >= 4 is 17.3 Å². The molecule has 1 aliphatic heterocycles. The van der Waals surface area contributed by atoms with E-state index in [1.165, 1.54) is 24.9 Å². The molecule has 1 aromatic carbocycles. The molecule has 1 saturated heterocycles. The van der Waals surface area contributed by atoms with Gasteiger partial charge < -0.3 is 10.2 Å². The zero-order chi connectivity index (χ0) is 11.4. The summed E-state index contributed by atoms with van der Waals surface area (Å²) in [5.41, 5.74) is 1.19. The lowest BCUT2D eigenvalue weighted by Gasteiger charge is -2.29. The van der Waals surface area contributed by atoms with Crippen molar-refractivity contribution in [3.63, 3.8) is 0 Å². The lowest BCUT2D eigenvalue weighted by atomic mass is 10.0. The van der Waals surface area contributed by atoms with E-state index >= 15 is 0 Å². The number of rotatable bonds is 3. The lowest BCUT2D eigenvalue weighted by Crippen LogP contribution is -2.42. The van der Waals surface area contributed by atoms with Crippen LogP contribution in [0.1, 0.15) is 19.3 Å². The van der Waals surface area contributed by atoms with Crippen LogP contribution in [0, 0.1) is 0 Å². The highest BCUT2D eigenvalue weighted by molar-refractivity contribution is 6.30. The zero-order valence-electron chi connectivity index (χ0n) is 9.75. The Morgan fingerprint density at radius 1 is 1.44 bits per heavy atom. The highest BCUT2D eigenvalue weighted by atomic mass is 35.5. The number of halogens is 1. The van der Waals surface area contributed by atoms with Gasteiger partial charge in [-0.2, -0.15) is 0 Å². The van der Waals surface area contributed by atoms with Gasteiger partial charge in [-0.05, 0) is 37.6 Å². The zero-order valence-corrected chi connectivity index (χ0v) is 10.5. The molecule has 1 aromatic rings. The van der Waals surface area contributed by atoms with Crippen LogP contribution >= 0.6 is 11.6 Å². The highest BCUT2D eigenvalue weighted by Gasteiger charge is 2.14. The number of hydrogen-bond donors (Lipinski definition) is 1. The Labute approximate surface area is 103 Å². The van der Waals surface area contributed by atoms with Crippen LogP contribution in [0.5, 0.6) is 0 Å². The second-order valence-electron chi connectivity index (χ2n) is 4.51. The molecule has 1 heterocycles. The molecule has 1 N–H and O–H groups in total. The van der Waals surface area contributed by atoms with Crippen molar-refractivity contribution in [2.24, 2.45) is 0 Å². The van der Waals surface area contributed by atoms with E-state index in [-0.39, 0.29) is 0 Å². The standard InChI is InChI=1S/C13H19ClN2/c1-16(10-12-6-2-3-8-15-12)13-7-4-5-11(14)9-13/h4-5,7,9,12,15H,2-3,6,8,10H2,1H3. The van der Waals surface area contributed by atoms with Crippen LogP contribution in [0.25, 0.3) is 0 Å². The summed E-state index contributed by atoms with van der Waals surface area (Å²) in [6.45, 7) is 2.22. The summed E-state index contributed by atoms with van der Waals surface area (Å²) in [6, 6.07) is 8.66. The van der Waals surface area contributed by atoms with Gasteiger partial charge >= 0.3 is 0 Å². The molecule has 0 aliphatic carbocycles. The third-order valence-corrected chi connectivity index (χ3v) is 3.39. The molecule has 1 fully saturated rings. The van der Waals surface area contributed by atoms with E-state index in [0.29, 0.717) is 6.04 Å². The molecule has 0 spiro atoms. The minimum Gasteiger partial charge on any atom is -0.373 e. The van der Waals surface area contributed by atoms with Gasteiger partial charge in [0.25, 0.3) is 0 Å². The summed E-state index contributed by atoms with van der Waals surface area (Å²) >= 11 is 5.99. The molecule has 1 atom stereocenters. The molecule has 3 heteroatoms. The van der Waals surface area contributed by atoms with E-state index in [1.807, 2.05) is 18.2 Å². The Kier molecular flexibility index (Phi) is 4.08. The van der Waals surface area contributed by atoms with Crippen LogP contribution < -0.4 is 10.2 Å². The second-order valence-corrected chi connectivity index (χ2v) is 4.94. The van der Waals surface area contributed by atoms with Crippen LogP contribution in [0.2, 0.25) is 5.02 Å². The first-order valence-corrected chi connectivity index (χ1v) is 6.33. The molecule has 16 heavy (non-hydrogen) atoms. The van der Waals surface area contributed by atoms with E-state index in [4.69, 9.17) is 11.6 Å². The molecule has 0 bridgehead atoms. The third kappa shape index (κ3) is 3.13. The first-order valence-electron chi connectivity index (χ1n) is 5.96. The lowest BCUT2D eigenvalue weighted by molar-refractivity contribution is 0.403. The van der Waals surface area contributed by atoms with Gasteiger partial charge in [0, 0.05) is 30.3 Å². The second kappa shape index (κ2) is 5.55. The molecule has 1 unspecified atom stereocenters. The van der Waals surface area contributed by atoms with E-state index < -0.39 is 0 Å². The summed E-state index contributed by atoms with van der Waals surface area (Å²) in [5.74, 6) is 0. The summed E-state index contributed by atoms with van der Waals surface area (Å²) < 4.78 is 0. The van der Waals surface area contributed by atoms with Crippen LogP contribution in [0.3, 0.4) is 0 Å². The fourth-order valence-electron chi connectivity index (χ4n) is 2.23. The molecule has 0 saturated carbocycles. The van der Waals surface area contributed by atoms with Crippen molar-refractivity contribution in [1.29, 1.82) is 0 Å². The SMILES string of the molecule is CN(CC1CCCCN1)c1cccc(Cl)c1. The summed E-state index contributed by atoms with van der Waals surface area (Å²) in [5, 5.41) is 4.37. The number of likely N-dealkylation sites (N-methyl/N-ethyl adjacent to an activating group) is 1. The maximum absolute atomic E-state index is 5.99. The van der Waals surface area contributed by atoms with E-state index in [9.17, 15) is 0 Å². The third-order valence-electron chi connectivity index (χ3n) is 3.16. The number of nitrogens with zero attached hydrogens (tertiary/aromatic N) is 1. The van der Waals surface area contributed by atoms with Gasteiger partial charge in [0.1, 0.15) is 0 Å². The topological polar surface area (TPSA) is 15.3 Å². The monoisotopic (exact) mass is 238 g/mol. The average Bonchev–Trinajstić information content (AvgIpc) is 2.30. The van der Waals surface area contributed by atoms with Gasteiger partial charge in [-0.1, -0.05) is 24.1 Å². The van der Waals surface area contributed by atoms with Gasteiger partial charge in [0.15, 0.2) is 0 Å². The van der Waals surface area contributed by atoms with Crippen LogP contribution in [0.4, 0.5) is 5.69 Å². The Bertz CT molecular complexity index is 334. The maximum atomic E-state index is 5.99. The van der Waals surface area contributed by atoms with Crippen LogP contribution in [0.15, 0.2) is 24.3 Å². The van der Waals surface area contributed by atoms with Crippen molar-refractivity contribution in [3.8, 4) is 0 Å². The molecule has 88 valence electrons. The Hall–Kier alpha value is -0.730. The van der Waals surface area contributed by atoms with Crippen molar-refractivity contribution in [1.82, 2.24) is 5.32 Å². The largest absolute Gasteiger partial charge is 0.373 e. The Morgan fingerprint density at radius 2 is 2.31 bits per heavy atom. The number of anilines is 1. The molecule has 0 aromatic heterocycles. The van der Waals surface area contributed by atoms with Crippen molar-refractivity contribution in [3.05, 3.63) is 29.3 Å². The predicted molar refractivity (Wildman–Crippen MR) is 70.4 cm³/mol. The first-order chi connectivity index (χ1) is 7.75. The van der Waals surface area contributed by atoms with E-state index in [0.717, 1.165) is 18.1 Å². The minimum atomic E-state index is 0.623. The van der Waals surface area contributed by atoms with Crippen molar-refractivity contribution in [2.75, 3.05) is 25.0 Å². The number of nitrogens with one attached hydrogen (secondary N) is 1. The molecular weight excluding hydrogens is 220 g/mol. The quantitative estimate of drug-likeness (QED) is 0.871. The number of piperidine rings is 1. The molecular formula is C13H19ClN2. The molecule has 2 rings (SSSR count). The molecule has 0 radical (unpaired) electrons. The Balaban J connectivity index is 1.94. The molecule has 1 aliphatic rings. The van der Waals surface area contributed by atoms with Gasteiger partial charge in [-0.15, -0.1) is 0 Å². The van der Waals surface area contributed by atoms with Crippen molar-refractivity contribution in [2.45, 2.75) is 25.3 Å². The van der Waals surface area contributed by atoms with E-state index in [2.05, 4.69) is 23.3 Å². The average molecular weight is 239 g/mol. The fourth-order valence-corrected chi connectivity index (χ4v) is 2.41. The van der Waals surface area contributed by atoms with Gasteiger partial charge in [-0.25, -0.2) is 0 Å². The first kappa shape index (κ1) is 11.7. The Morgan fingerprint density at radius 3 is 3.00 bits per heavy atom. The van der Waals surface area contributed by atoms with Crippen LogP contribution in [-0.2, 0) is 0 Å². The van der Waals surface area contributed by atoms with Crippen LogP contribution in [-0.4, -0.2) is 26.2 Å². The molecule has 2 nitrogen and oxygen atoms in total. The number of benzene rings is 1. The van der Waals surface area contributed by atoms with Gasteiger partial charge in [0.05, 0.1) is 0 Å². The smallest absolute Gasteiger partial charge is 0.0426 e. The number of hydrogen-bond acceptors (Lipinski definition) is 2. The normalized spacial score (nSPS) is 20.8. The summed E-state index contributed by atoms with van der Waals surface area (Å²) in [7, 11) is 2.13. The van der Waals surface area contributed by atoms with Crippen molar-refractivity contribution < 1.29 is 0 Å². The maximum Gasteiger partial charge on any atom is 0.0426 e. The minimum absolute atomic E-state index is 0.623. The van der Waals surface area contributed by atoms with Gasteiger partial charge in [0.2, 0.25) is 0 Å². The summed E-state index contributed by atoms with van der Waals surface area (Å²) in [6.07, 6.45) is 3.95. The predicted octanol–water partition coefficient (Wildman–Crippen LogP) is 2.92. The van der Waals surface area contributed by atoms with E-state index in [1.54, 1.807) is 0 Å². The highest BCUT2D eigenvalue weighted by Crippen LogP contribution is 2.19.